The number of urea groups is 1. The van der Waals surface area contributed by atoms with Gasteiger partial charge in [0, 0.05) is 19.1 Å². The SMILES string of the molecule is CC1(C(=O)O)CCCC1NC(=O)N1CCn2cnnc2C1. The molecule has 2 aliphatic rings. The van der Waals surface area contributed by atoms with Crippen LogP contribution < -0.4 is 5.32 Å². The first-order chi connectivity index (χ1) is 10.0. The lowest BCUT2D eigenvalue weighted by atomic mass is 9.85. The summed E-state index contributed by atoms with van der Waals surface area (Å²) in [6, 6.07) is -0.536. The van der Waals surface area contributed by atoms with Crippen molar-refractivity contribution in [2.75, 3.05) is 6.54 Å². The summed E-state index contributed by atoms with van der Waals surface area (Å²) in [5, 5.41) is 20.1. The lowest BCUT2D eigenvalue weighted by Crippen LogP contribution is -2.52. The van der Waals surface area contributed by atoms with E-state index in [0.717, 1.165) is 12.2 Å². The Morgan fingerprint density at radius 1 is 1.48 bits per heavy atom. The van der Waals surface area contributed by atoms with Crippen molar-refractivity contribution >= 4 is 12.0 Å². The normalized spacial score (nSPS) is 28.2. The number of nitrogens with one attached hydrogen (secondary N) is 1. The van der Waals surface area contributed by atoms with Gasteiger partial charge in [0.05, 0.1) is 12.0 Å². The molecular weight excluding hydrogens is 274 g/mol. The van der Waals surface area contributed by atoms with Crippen molar-refractivity contribution in [3.05, 3.63) is 12.2 Å². The zero-order chi connectivity index (χ0) is 15.0. The van der Waals surface area contributed by atoms with Crippen molar-refractivity contribution in [1.29, 1.82) is 0 Å². The largest absolute Gasteiger partial charge is 0.481 e. The Morgan fingerprint density at radius 2 is 2.29 bits per heavy atom. The lowest BCUT2D eigenvalue weighted by molar-refractivity contribution is -0.148. The Hall–Kier alpha value is -2.12. The first-order valence-corrected chi connectivity index (χ1v) is 7.16. The molecule has 21 heavy (non-hydrogen) atoms. The number of carbonyl (C=O) groups excluding carboxylic acids is 1. The molecule has 1 aromatic rings. The van der Waals surface area contributed by atoms with Crippen molar-refractivity contribution < 1.29 is 14.7 Å². The van der Waals surface area contributed by atoms with E-state index in [1.165, 1.54) is 0 Å². The van der Waals surface area contributed by atoms with E-state index in [2.05, 4.69) is 15.5 Å². The summed E-state index contributed by atoms with van der Waals surface area (Å²) in [6.45, 7) is 3.35. The Kier molecular flexibility index (Phi) is 3.30. The van der Waals surface area contributed by atoms with Gasteiger partial charge in [-0.3, -0.25) is 4.79 Å². The quantitative estimate of drug-likeness (QED) is 0.824. The first kappa shape index (κ1) is 13.8. The number of carbonyl (C=O) groups is 2. The highest BCUT2D eigenvalue weighted by molar-refractivity contribution is 5.79. The third-order valence-corrected chi connectivity index (χ3v) is 4.67. The van der Waals surface area contributed by atoms with E-state index in [4.69, 9.17) is 0 Å². The zero-order valence-corrected chi connectivity index (χ0v) is 11.9. The third-order valence-electron chi connectivity index (χ3n) is 4.67. The number of nitrogens with zero attached hydrogens (tertiary/aromatic N) is 4. The molecule has 114 valence electrons. The van der Waals surface area contributed by atoms with Gasteiger partial charge in [-0.15, -0.1) is 10.2 Å². The van der Waals surface area contributed by atoms with Gasteiger partial charge in [-0.1, -0.05) is 6.42 Å². The van der Waals surface area contributed by atoms with Crippen LogP contribution in [0.2, 0.25) is 0 Å². The summed E-state index contributed by atoms with van der Waals surface area (Å²) in [4.78, 5) is 25.5. The highest BCUT2D eigenvalue weighted by atomic mass is 16.4. The number of carboxylic acid groups (broad SMARTS) is 1. The van der Waals surface area contributed by atoms with E-state index >= 15 is 0 Å². The molecule has 0 saturated heterocycles. The van der Waals surface area contributed by atoms with Crippen molar-refractivity contribution in [2.24, 2.45) is 5.41 Å². The van der Waals surface area contributed by atoms with Gasteiger partial charge in [0.2, 0.25) is 0 Å². The Labute approximate surface area is 122 Å². The highest BCUT2D eigenvalue weighted by Gasteiger charge is 2.46. The molecule has 1 saturated carbocycles. The fourth-order valence-electron chi connectivity index (χ4n) is 3.13. The van der Waals surface area contributed by atoms with Crippen molar-refractivity contribution in [2.45, 2.75) is 45.3 Å². The van der Waals surface area contributed by atoms with Crippen LogP contribution in [0.5, 0.6) is 0 Å². The van der Waals surface area contributed by atoms with E-state index in [-0.39, 0.29) is 12.1 Å². The second-order valence-corrected chi connectivity index (χ2v) is 5.98. The van der Waals surface area contributed by atoms with Crippen LogP contribution in [0.4, 0.5) is 4.79 Å². The highest BCUT2D eigenvalue weighted by Crippen LogP contribution is 2.38. The molecule has 0 aromatic carbocycles. The maximum absolute atomic E-state index is 12.4. The fraction of sp³-hybridized carbons (Fsp3) is 0.692. The predicted octanol–water partition coefficient (Wildman–Crippen LogP) is 0.447. The van der Waals surface area contributed by atoms with Crippen LogP contribution >= 0.6 is 0 Å². The topological polar surface area (TPSA) is 100 Å². The second-order valence-electron chi connectivity index (χ2n) is 5.98. The molecule has 0 spiro atoms. The molecule has 8 nitrogen and oxygen atoms in total. The van der Waals surface area contributed by atoms with Gasteiger partial charge in [0.1, 0.15) is 6.33 Å². The van der Waals surface area contributed by atoms with E-state index in [1.807, 2.05) is 4.57 Å². The minimum absolute atomic E-state index is 0.219. The summed E-state index contributed by atoms with van der Waals surface area (Å²) in [5.41, 5.74) is -0.870. The van der Waals surface area contributed by atoms with E-state index in [1.54, 1.807) is 18.2 Å². The van der Waals surface area contributed by atoms with Crippen LogP contribution in [-0.2, 0) is 17.9 Å². The fourth-order valence-corrected chi connectivity index (χ4v) is 3.13. The van der Waals surface area contributed by atoms with Crippen molar-refractivity contribution in [3.63, 3.8) is 0 Å². The number of carboxylic acids is 1. The minimum Gasteiger partial charge on any atom is -0.481 e. The van der Waals surface area contributed by atoms with Crippen LogP contribution in [0.1, 0.15) is 32.0 Å². The molecule has 0 radical (unpaired) electrons. The smallest absolute Gasteiger partial charge is 0.318 e. The number of amides is 2. The summed E-state index contributed by atoms with van der Waals surface area (Å²) in [6.07, 6.45) is 3.78. The van der Waals surface area contributed by atoms with E-state index in [9.17, 15) is 14.7 Å². The molecule has 1 aromatic heterocycles. The Balaban J connectivity index is 1.66. The Bertz CT molecular complexity index is 572. The minimum atomic E-state index is -0.870. The maximum Gasteiger partial charge on any atom is 0.318 e. The number of hydrogen-bond donors (Lipinski definition) is 2. The van der Waals surface area contributed by atoms with Crippen LogP contribution in [0.15, 0.2) is 6.33 Å². The average molecular weight is 293 g/mol. The molecular formula is C13H19N5O3. The average Bonchev–Trinajstić information content (AvgIpc) is 3.06. The molecule has 2 atom stereocenters. The number of rotatable bonds is 2. The van der Waals surface area contributed by atoms with E-state index in [0.29, 0.717) is 32.5 Å². The third kappa shape index (κ3) is 2.34. The maximum atomic E-state index is 12.4. The van der Waals surface area contributed by atoms with Crippen molar-refractivity contribution in [1.82, 2.24) is 25.0 Å². The van der Waals surface area contributed by atoms with E-state index < -0.39 is 11.4 Å². The van der Waals surface area contributed by atoms with Gasteiger partial charge in [0.25, 0.3) is 0 Å². The molecule has 8 heteroatoms. The van der Waals surface area contributed by atoms with Gasteiger partial charge in [-0.05, 0) is 19.8 Å². The number of aromatic nitrogens is 3. The van der Waals surface area contributed by atoms with Crippen LogP contribution in [0.25, 0.3) is 0 Å². The number of fused-ring (bicyclic) bond motifs is 1. The van der Waals surface area contributed by atoms with Crippen LogP contribution in [-0.4, -0.2) is 49.4 Å². The summed E-state index contributed by atoms with van der Waals surface area (Å²) < 4.78 is 1.92. The molecule has 0 bridgehead atoms. The van der Waals surface area contributed by atoms with Gasteiger partial charge in [-0.25, -0.2) is 4.79 Å². The summed E-state index contributed by atoms with van der Waals surface area (Å²) in [5.74, 6) is -0.0903. The number of aliphatic carboxylic acids is 1. The molecule has 3 rings (SSSR count). The predicted molar refractivity (Wildman–Crippen MR) is 72.3 cm³/mol. The summed E-state index contributed by atoms with van der Waals surface area (Å²) in [7, 11) is 0. The Morgan fingerprint density at radius 3 is 3.05 bits per heavy atom. The second kappa shape index (κ2) is 5.01. The van der Waals surface area contributed by atoms with Gasteiger partial charge in [0.15, 0.2) is 5.82 Å². The molecule has 1 fully saturated rings. The van der Waals surface area contributed by atoms with Gasteiger partial charge in [-0.2, -0.15) is 0 Å². The zero-order valence-electron chi connectivity index (χ0n) is 11.9. The molecule has 2 amide bonds. The summed E-state index contributed by atoms with van der Waals surface area (Å²) >= 11 is 0. The lowest BCUT2D eigenvalue weighted by Gasteiger charge is -2.32. The molecule has 2 heterocycles. The van der Waals surface area contributed by atoms with Gasteiger partial charge >= 0.3 is 12.0 Å². The van der Waals surface area contributed by atoms with Crippen LogP contribution in [0, 0.1) is 5.41 Å². The van der Waals surface area contributed by atoms with Gasteiger partial charge < -0.3 is 19.9 Å². The van der Waals surface area contributed by atoms with Crippen LogP contribution in [0.3, 0.4) is 0 Å². The first-order valence-electron chi connectivity index (χ1n) is 7.16. The molecule has 2 unspecified atom stereocenters. The monoisotopic (exact) mass is 293 g/mol. The molecule has 1 aliphatic carbocycles. The molecule has 2 N–H and O–H groups in total. The van der Waals surface area contributed by atoms with Crippen molar-refractivity contribution in [3.8, 4) is 0 Å². The standard InChI is InChI=1S/C13H19N5O3/c1-13(11(19)20)4-2-3-9(13)15-12(21)17-5-6-18-8-14-16-10(18)7-17/h8-9H,2-7H2,1H3,(H,15,21)(H,19,20). The molecule has 1 aliphatic heterocycles. The number of hydrogen-bond acceptors (Lipinski definition) is 4.